The van der Waals surface area contributed by atoms with E-state index in [1.165, 1.54) is 153 Å². The number of hydrogen-bond acceptors (Lipinski definition) is 4. The highest BCUT2D eigenvalue weighted by Crippen LogP contribution is 2.45. The summed E-state index contributed by atoms with van der Waals surface area (Å²) in [4.78, 5) is 16.5. The second kappa shape index (κ2) is 23.7. The van der Waals surface area contributed by atoms with Crippen LogP contribution in [0.5, 0.6) is 0 Å². The zero-order valence-electron chi connectivity index (χ0n) is 43.0. The van der Waals surface area contributed by atoms with Gasteiger partial charge in [-0.3, -0.25) is 0 Å². The number of thiophene rings is 2. The average molecular weight is 962 g/mol. The molecule has 0 unspecified atom stereocenters. The van der Waals surface area contributed by atoms with Crippen molar-refractivity contribution in [2.75, 3.05) is 0 Å². The number of hydrogen-bond donors (Lipinski definition) is 0. The van der Waals surface area contributed by atoms with E-state index in [4.69, 9.17) is 9.97 Å². The van der Waals surface area contributed by atoms with Crippen molar-refractivity contribution in [3.05, 3.63) is 143 Å². The maximum atomic E-state index is 5.75. The van der Waals surface area contributed by atoms with Crippen molar-refractivity contribution in [2.45, 2.75) is 163 Å². The van der Waals surface area contributed by atoms with Crippen LogP contribution in [0.25, 0.3) is 86.7 Å². The molecule has 0 amide bonds. The van der Waals surface area contributed by atoms with E-state index in [1.807, 2.05) is 22.7 Å². The Labute approximate surface area is 427 Å². The Morgan fingerprint density at radius 1 is 0.429 bits per heavy atom. The third kappa shape index (κ3) is 11.2. The summed E-state index contributed by atoms with van der Waals surface area (Å²) < 4.78 is 2.78. The highest BCUT2D eigenvalue weighted by Gasteiger charge is 2.23. The summed E-state index contributed by atoms with van der Waals surface area (Å²) in [5.74, 6) is 0. The fourth-order valence-corrected chi connectivity index (χ4v) is 12.7. The van der Waals surface area contributed by atoms with Gasteiger partial charge in [0.25, 0.3) is 0 Å². The quantitative estimate of drug-likeness (QED) is 0.0565. The topological polar surface area (TPSA) is 30.7 Å². The third-order valence-electron chi connectivity index (χ3n) is 14.6. The molecule has 5 heteroatoms. The minimum Gasteiger partial charge on any atom is -0.337 e. The van der Waals surface area contributed by atoms with Gasteiger partial charge in [-0.1, -0.05) is 203 Å². The number of fused-ring (bicyclic) bond motifs is 4. The van der Waals surface area contributed by atoms with E-state index in [0.717, 1.165) is 70.4 Å². The van der Waals surface area contributed by atoms with Gasteiger partial charge >= 0.3 is 0 Å². The Morgan fingerprint density at radius 3 is 1.43 bits per heavy atom. The van der Waals surface area contributed by atoms with Crippen molar-refractivity contribution in [3.8, 4) is 53.8 Å². The zero-order valence-corrected chi connectivity index (χ0v) is 44.6. The highest BCUT2D eigenvalue weighted by molar-refractivity contribution is 7.19. The highest BCUT2D eigenvalue weighted by atomic mass is 32.1. The van der Waals surface area contributed by atoms with E-state index in [9.17, 15) is 0 Å². The SMILES string of the molecule is CCCCCCCCC(CCCCCCCC)n1c2cc(C)ccc2c2ccc(-c3ccc(-c4ccc(-c5ccc(C)s5)c5nc(-c6ccc(CCC)cc6)c(-c6ccc(CCC)cc6)nc45)s3)cc21. The predicted molar refractivity (Wildman–Crippen MR) is 308 cm³/mol. The summed E-state index contributed by atoms with van der Waals surface area (Å²) in [6.07, 6.45) is 22.9. The summed E-state index contributed by atoms with van der Waals surface area (Å²) >= 11 is 3.71. The van der Waals surface area contributed by atoms with Gasteiger partial charge in [0.1, 0.15) is 0 Å². The van der Waals surface area contributed by atoms with Gasteiger partial charge in [0.2, 0.25) is 0 Å². The molecule has 362 valence electrons. The van der Waals surface area contributed by atoms with Crippen LogP contribution in [-0.2, 0) is 12.8 Å². The molecule has 0 atom stereocenters. The van der Waals surface area contributed by atoms with Gasteiger partial charge in [-0.15, -0.1) is 22.7 Å². The molecule has 0 radical (unpaired) electrons. The number of benzene rings is 5. The van der Waals surface area contributed by atoms with Gasteiger partial charge in [-0.05, 0) is 98.2 Å². The van der Waals surface area contributed by atoms with Crippen LogP contribution in [0.15, 0.2) is 121 Å². The van der Waals surface area contributed by atoms with Crippen molar-refractivity contribution in [2.24, 2.45) is 0 Å². The summed E-state index contributed by atoms with van der Waals surface area (Å²) in [6, 6.07) is 46.8. The molecule has 9 aromatic rings. The maximum Gasteiger partial charge on any atom is 0.0988 e. The summed E-state index contributed by atoms with van der Waals surface area (Å²) in [7, 11) is 0. The lowest BCUT2D eigenvalue weighted by molar-refractivity contribution is 0.410. The Balaban J connectivity index is 1.15. The van der Waals surface area contributed by atoms with E-state index in [1.54, 1.807) is 0 Å². The number of aromatic nitrogens is 3. The largest absolute Gasteiger partial charge is 0.337 e. The Hall–Kier alpha value is -5.36. The molecule has 70 heavy (non-hydrogen) atoms. The van der Waals surface area contributed by atoms with Crippen LogP contribution in [0.2, 0.25) is 0 Å². The van der Waals surface area contributed by atoms with Gasteiger partial charge in [-0.25, -0.2) is 9.97 Å². The van der Waals surface area contributed by atoms with Crippen LogP contribution < -0.4 is 0 Å². The van der Waals surface area contributed by atoms with Crippen LogP contribution in [0.1, 0.15) is 158 Å². The number of aryl methyl sites for hydroxylation is 4. The average Bonchev–Trinajstić information content (AvgIpc) is 4.13. The fraction of sp³-hybridized carbons (Fsp3) is 0.385. The Morgan fingerprint density at radius 2 is 0.900 bits per heavy atom. The predicted octanol–water partition coefficient (Wildman–Crippen LogP) is 20.8. The monoisotopic (exact) mass is 962 g/mol. The second-order valence-electron chi connectivity index (χ2n) is 20.1. The molecular weight excluding hydrogens is 887 g/mol. The van der Waals surface area contributed by atoms with Gasteiger partial charge in [-0.2, -0.15) is 0 Å². The van der Waals surface area contributed by atoms with E-state index in [-0.39, 0.29) is 0 Å². The van der Waals surface area contributed by atoms with Crippen molar-refractivity contribution in [1.82, 2.24) is 14.5 Å². The van der Waals surface area contributed by atoms with E-state index in [2.05, 4.69) is 167 Å². The summed E-state index contributed by atoms with van der Waals surface area (Å²) in [5.41, 5.74) is 16.4. The van der Waals surface area contributed by atoms with Crippen LogP contribution in [-0.4, -0.2) is 14.5 Å². The molecule has 0 aliphatic carbocycles. The van der Waals surface area contributed by atoms with Gasteiger partial charge in [0.05, 0.1) is 27.9 Å². The van der Waals surface area contributed by atoms with Crippen molar-refractivity contribution < 1.29 is 0 Å². The molecule has 0 fully saturated rings. The standard InChI is InChI=1S/C65H75N3S2/c1-7-11-13-15-17-19-23-52(24-20-18-16-14-12-8-2)68-57-43-45(5)25-36-53(57)54-37-35-51(44-58(54)68)59-41-42-61(70-59)56-39-38-55(60-40-26-46(6)69-60)64-65(56)67-63(50-33-29-48(22-10-4)30-34-50)62(66-64)49-31-27-47(21-9-3)28-32-49/h25-44,52H,7-24H2,1-6H3. The molecule has 4 aromatic heterocycles. The van der Waals surface area contributed by atoms with E-state index >= 15 is 0 Å². The molecule has 0 bridgehead atoms. The zero-order chi connectivity index (χ0) is 48.4. The molecule has 0 N–H and O–H groups in total. The lowest BCUT2D eigenvalue weighted by Crippen LogP contribution is -2.09. The lowest BCUT2D eigenvalue weighted by Gasteiger charge is -2.22. The minimum absolute atomic E-state index is 0.486. The molecule has 5 aromatic carbocycles. The van der Waals surface area contributed by atoms with Gasteiger partial charge in [0.15, 0.2) is 0 Å². The molecular formula is C65H75N3S2. The molecule has 0 saturated heterocycles. The van der Waals surface area contributed by atoms with Crippen molar-refractivity contribution in [3.63, 3.8) is 0 Å². The Bertz CT molecular complexity index is 3110. The van der Waals surface area contributed by atoms with Crippen molar-refractivity contribution >= 4 is 55.5 Å². The number of nitrogens with zero attached hydrogens (tertiary/aromatic N) is 3. The maximum absolute atomic E-state index is 5.75. The van der Waals surface area contributed by atoms with E-state index < -0.39 is 0 Å². The third-order valence-corrected chi connectivity index (χ3v) is 16.8. The number of rotatable bonds is 24. The second-order valence-corrected chi connectivity index (χ2v) is 22.5. The fourth-order valence-electron chi connectivity index (χ4n) is 10.8. The molecule has 0 aliphatic heterocycles. The first-order valence-corrected chi connectivity index (χ1v) is 28.8. The van der Waals surface area contributed by atoms with Gasteiger partial charge < -0.3 is 4.57 Å². The molecule has 9 rings (SSSR count). The first-order valence-electron chi connectivity index (χ1n) is 27.1. The number of unbranched alkanes of at least 4 members (excludes halogenated alkanes) is 10. The van der Waals surface area contributed by atoms with Crippen LogP contribution >= 0.6 is 22.7 Å². The summed E-state index contributed by atoms with van der Waals surface area (Å²) in [6.45, 7) is 13.6. The summed E-state index contributed by atoms with van der Waals surface area (Å²) in [5, 5.41) is 2.76. The first kappa shape index (κ1) is 49.6. The molecule has 0 saturated carbocycles. The molecule has 3 nitrogen and oxygen atoms in total. The lowest BCUT2D eigenvalue weighted by atomic mass is 9.98. The minimum atomic E-state index is 0.486. The molecule has 0 spiro atoms. The van der Waals surface area contributed by atoms with Crippen molar-refractivity contribution in [1.29, 1.82) is 0 Å². The smallest absolute Gasteiger partial charge is 0.0988 e. The van der Waals surface area contributed by atoms with E-state index in [0.29, 0.717) is 6.04 Å². The van der Waals surface area contributed by atoms with Crippen LogP contribution in [0.4, 0.5) is 0 Å². The van der Waals surface area contributed by atoms with Crippen LogP contribution in [0, 0.1) is 13.8 Å². The first-order chi connectivity index (χ1) is 34.4. The van der Waals surface area contributed by atoms with Gasteiger partial charge in [0, 0.05) is 64.1 Å². The molecule has 0 aliphatic rings. The molecule has 4 heterocycles. The Kier molecular flexibility index (Phi) is 16.8. The van der Waals surface area contributed by atoms with Crippen LogP contribution in [0.3, 0.4) is 0 Å². The normalized spacial score (nSPS) is 11.9.